The van der Waals surface area contributed by atoms with E-state index in [2.05, 4.69) is 6.07 Å². The van der Waals surface area contributed by atoms with Crippen molar-refractivity contribution in [2.24, 2.45) is 5.41 Å². The molecule has 0 atom stereocenters. The largest absolute Gasteiger partial charge is 0.347 e. The van der Waals surface area contributed by atoms with Crippen LogP contribution in [0.25, 0.3) is 0 Å². The fourth-order valence-corrected chi connectivity index (χ4v) is 1.96. The highest BCUT2D eigenvalue weighted by Gasteiger charge is 2.40. The fraction of sp³-hybridized carbons (Fsp3) is 0.800. The predicted molar refractivity (Wildman–Crippen MR) is 49.8 cm³/mol. The van der Waals surface area contributed by atoms with Crippen molar-refractivity contribution in [2.75, 3.05) is 14.1 Å². The van der Waals surface area contributed by atoms with Gasteiger partial charge in [-0.3, -0.25) is 4.79 Å². The predicted octanol–water partition coefficient (Wildman–Crippen LogP) is 1.55. The van der Waals surface area contributed by atoms with Gasteiger partial charge in [0, 0.05) is 14.1 Å². The number of carbonyl (C=O) groups excluding carboxylic acids is 1. The van der Waals surface area contributed by atoms with E-state index in [0.29, 0.717) is 0 Å². The number of nitrogens with zero attached hydrogens (tertiary/aromatic N) is 2. The molecule has 0 saturated heterocycles. The highest BCUT2D eigenvalue weighted by atomic mass is 16.2. The maximum Gasteiger partial charge on any atom is 0.242 e. The number of hydrogen-bond donors (Lipinski definition) is 0. The lowest BCUT2D eigenvalue weighted by Crippen LogP contribution is -2.40. The Kier molecular flexibility index (Phi) is 2.92. The van der Waals surface area contributed by atoms with E-state index >= 15 is 0 Å². The average Bonchev–Trinajstić information content (AvgIpc) is 2.17. The van der Waals surface area contributed by atoms with Crippen molar-refractivity contribution < 1.29 is 4.79 Å². The molecule has 0 aromatic rings. The average molecular weight is 180 g/mol. The van der Waals surface area contributed by atoms with Gasteiger partial charge in [0.2, 0.25) is 5.91 Å². The molecule has 1 aliphatic carbocycles. The lowest BCUT2D eigenvalue weighted by molar-refractivity contribution is -0.137. The van der Waals surface area contributed by atoms with E-state index in [-0.39, 0.29) is 5.91 Å². The normalized spacial score (nSPS) is 20.4. The highest BCUT2D eigenvalue weighted by Crippen LogP contribution is 2.36. The molecule has 0 radical (unpaired) electrons. The SMILES string of the molecule is CN(C)C(=O)C1(C#N)CCCCC1. The van der Waals surface area contributed by atoms with Crippen LogP contribution in [0.3, 0.4) is 0 Å². The van der Waals surface area contributed by atoms with Crippen molar-refractivity contribution in [3.8, 4) is 6.07 Å². The van der Waals surface area contributed by atoms with Gasteiger partial charge in [0.15, 0.2) is 0 Å². The Morgan fingerprint density at radius 2 is 1.85 bits per heavy atom. The third kappa shape index (κ3) is 1.82. The first kappa shape index (κ1) is 10.0. The first-order chi connectivity index (χ1) is 6.12. The lowest BCUT2D eigenvalue weighted by atomic mass is 9.74. The summed E-state index contributed by atoms with van der Waals surface area (Å²) in [6.45, 7) is 0. The molecule has 1 fully saturated rings. The molecule has 1 rings (SSSR count). The van der Waals surface area contributed by atoms with E-state index in [4.69, 9.17) is 5.26 Å². The number of amides is 1. The third-order valence-electron chi connectivity index (χ3n) is 2.74. The van der Waals surface area contributed by atoms with E-state index in [1.165, 1.54) is 4.90 Å². The Morgan fingerprint density at radius 3 is 2.23 bits per heavy atom. The zero-order chi connectivity index (χ0) is 9.90. The minimum atomic E-state index is -0.707. The summed E-state index contributed by atoms with van der Waals surface area (Å²) in [5, 5.41) is 9.06. The summed E-state index contributed by atoms with van der Waals surface area (Å²) in [7, 11) is 3.44. The van der Waals surface area contributed by atoms with Gasteiger partial charge in [-0.15, -0.1) is 0 Å². The van der Waals surface area contributed by atoms with E-state index < -0.39 is 5.41 Å². The van der Waals surface area contributed by atoms with E-state index in [0.717, 1.165) is 32.1 Å². The van der Waals surface area contributed by atoms with Crippen LogP contribution in [0.15, 0.2) is 0 Å². The van der Waals surface area contributed by atoms with Crippen molar-refractivity contribution in [2.45, 2.75) is 32.1 Å². The summed E-state index contributed by atoms with van der Waals surface area (Å²) >= 11 is 0. The second-order valence-electron chi connectivity index (χ2n) is 3.95. The number of carbonyl (C=O) groups is 1. The molecule has 3 heteroatoms. The second-order valence-corrected chi connectivity index (χ2v) is 3.95. The van der Waals surface area contributed by atoms with Crippen LogP contribution in [-0.4, -0.2) is 24.9 Å². The van der Waals surface area contributed by atoms with Crippen molar-refractivity contribution in [3.05, 3.63) is 0 Å². The zero-order valence-corrected chi connectivity index (χ0v) is 8.34. The molecule has 1 amide bonds. The van der Waals surface area contributed by atoms with Gasteiger partial charge >= 0.3 is 0 Å². The van der Waals surface area contributed by atoms with Crippen LogP contribution in [0.4, 0.5) is 0 Å². The van der Waals surface area contributed by atoms with Crippen LogP contribution in [-0.2, 0) is 4.79 Å². The van der Waals surface area contributed by atoms with Crippen LogP contribution >= 0.6 is 0 Å². The maximum atomic E-state index is 11.8. The van der Waals surface area contributed by atoms with Gasteiger partial charge in [-0.1, -0.05) is 19.3 Å². The number of rotatable bonds is 1. The number of hydrogen-bond acceptors (Lipinski definition) is 2. The maximum absolute atomic E-state index is 11.8. The van der Waals surface area contributed by atoms with Crippen LogP contribution in [0.1, 0.15) is 32.1 Å². The first-order valence-electron chi connectivity index (χ1n) is 4.75. The monoisotopic (exact) mass is 180 g/mol. The molecule has 0 bridgehead atoms. The van der Waals surface area contributed by atoms with E-state index in [1.54, 1.807) is 14.1 Å². The molecular weight excluding hydrogens is 164 g/mol. The van der Waals surface area contributed by atoms with Crippen LogP contribution in [0, 0.1) is 16.7 Å². The molecule has 0 aromatic carbocycles. The van der Waals surface area contributed by atoms with Crippen molar-refractivity contribution in [1.29, 1.82) is 5.26 Å². The molecule has 0 unspecified atom stereocenters. The first-order valence-corrected chi connectivity index (χ1v) is 4.75. The van der Waals surface area contributed by atoms with Crippen LogP contribution in [0.5, 0.6) is 0 Å². The Labute approximate surface area is 79.3 Å². The van der Waals surface area contributed by atoms with Gasteiger partial charge in [0.05, 0.1) is 6.07 Å². The summed E-state index contributed by atoms with van der Waals surface area (Å²) in [5.74, 6) is -0.0188. The summed E-state index contributed by atoms with van der Waals surface area (Å²) < 4.78 is 0. The molecule has 72 valence electrons. The van der Waals surface area contributed by atoms with E-state index in [9.17, 15) is 4.79 Å². The minimum Gasteiger partial charge on any atom is -0.347 e. The molecular formula is C10H16N2O. The Morgan fingerprint density at radius 1 is 1.31 bits per heavy atom. The van der Waals surface area contributed by atoms with Crippen molar-refractivity contribution in [1.82, 2.24) is 4.90 Å². The quantitative estimate of drug-likeness (QED) is 0.614. The summed E-state index contributed by atoms with van der Waals surface area (Å²) in [6, 6.07) is 2.21. The fourth-order valence-electron chi connectivity index (χ4n) is 1.96. The standard InChI is InChI=1S/C10H16N2O/c1-12(2)9(13)10(8-11)6-4-3-5-7-10/h3-7H2,1-2H3. The molecule has 0 aromatic heterocycles. The van der Waals surface area contributed by atoms with Crippen LogP contribution in [0.2, 0.25) is 0 Å². The topological polar surface area (TPSA) is 44.1 Å². The molecule has 0 N–H and O–H groups in total. The van der Waals surface area contributed by atoms with Gasteiger partial charge in [0.25, 0.3) is 0 Å². The molecule has 0 aliphatic heterocycles. The Bertz CT molecular complexity index is 234. The van der Waals surface area contributed by atoms with Crippen LogP contribution < -0.4 is 0 Å². The lowest BCUT2D eigenvalue weighted by Gasteiger charge is -2.31. The second kappa shape index (κ2) is 3.78. The smallest absolute Gasteiger partial charge is 0.242 e. The molecule has 1 saturated carbocycles. The highest BCUT2D eigenvalue weighted by molar-refractivity contribution is 5.85. The molecule has 1 aliphatic rings. The van der Waals surface area contributed by atoms with Gasteiger partial charge in [-0.05, 0) is 12.8 Å². The van der Waals surface area contributed by atoms with Crippen molar-refractivity contribution >= 4 is 5.91 Å². The molecule has 0 spiro atoms. The zero-order valence-electron chi connectivity index (χ0n) is 8.34. The summed E-state index contributed by atoms with van der Waals surface area (Å²) in [5.41, 5.74) is -0.707. The van der Waals surface area contributed by atoms with Gasteiger partial charge < -0.3 is 4.90 Å². The Hall–Kier alpha value is -1.04. The summed E-state index contributed by atoms with van der Waals surface area (Å²) in [4.78, 5) is 13.3. The van der Waals surface area contributed by atoms with E-state index in [1.807, 2.05) is 0 Å². The van der Waals surface area contributed by atoms with Gasteiger partial charge in [-0.2, -0.15) is 5.26 Å². The van der Waals surface area contributed by atoms with Gasteiger partial charge in [0.1, 0.15) is 5.41 Å². The molecule has 13 heavy (non-hydrogen) atoms. The van der Waals surface area contributed by atoms with Gasteiger partial charge in [-0.25, -0.2) is 0 Å². The molecule has 3 nitrogen and oxygen atoms in total. The minimum absolute atomic E-state index is 0.0188. The third-order valence-corrected chi connectivity index (χ3v) is 2.74. The Balaban J connectivity index is 2.80. The number of nitriles is 1. The summed E-state index contributed by atoms with van der Waals surface area (Å²) in [6.07, 6.45) is 4.64. The molecule has 0 heterocycles. The van der Waals surface area contributed by atoms with Crippen molar-refractivity contribution in [3.63, 3.8) is 0 Å².